The number of esters is 1. The van der Waals surface area contributed by atoms with E-state index in [1.165, 1.54) is 12.1 Å². The van der Waals surface area contributed by atoms with Crippen LogP contribution in [0.5, 0.6) is 0 Å². The number of nitrogens with zero attached hydrogens (tertiary/aromatic N) is 1. The lowest BCUT2D eigenvalue weighted by Crippen LogP contribution is -2.31. The number of nitro groups is 1. The maximum Gasteiger partial charge on any atom is 0.308 e. The van der Waals surface area contributed by atoms with Crippen LogP contribution in [0, 0.1) is 17.0 Å². The summed E-state index contributed by atoms with van der Waals surface area (Å²) in [5.74, 6) is -0.983. The molecule has 0 heterocycles. The molecule has 2 aromatic rings. The zero-order valence-corrected chi connectivity index (χ0v) is 15.7. The number of ether oxygens (including phenoxy) is 1. The van der Waals surface area contributed by atoms with Crippen molar-refractivity contribution in [2.45, 2.75) is 26.3 Å². The van der Waals surface area contributed by atoms with Gasteiger partial charge in [-0.15, -0.1) is 0 Å². The fourth-order valence-corrected chi connectivity index (χ4v) is 2.74. The SMILES string of the molecule is CCOC(=O)C[C@H](NC(=O)c1ccc([N+](=O)[O-])cc1Cl)c1ccc(C)cc1. The molecule has 0 saturated carbocycles. The second-order valence-corrected chi connectivity index (χ2v) is 6.27. The van der Waals surface area contributed by atoms with Gasteiger partial charge in [0.25, 0.3) is 11.6 Å². The van der Waals surface area contributed by atoms with Crippen LogP contribution < -0.4 is 5.32 Å². The van der Waals surface area contributed by atoms with Crippen LogP contribution in [0.25, 0.3) is 0 Å². The Hall–Kier alpha value is -2.93. The highest BCUT2D eigenvalue weighted by molar-refractivity contribution is 6.34. The third kappa shape index (κ3) is 5.52. The molecule has 0 saturated heterocycles. The Kier molecular flexibility index (Phi) is 6.90. The van der Waals surface area contributed by atoms with Crippen molar-refractivity contribution >= 4 is 29.2 Å². The van der Waals surface area contributed by atoms with Crippen LogP contribution in [-0.2, 0) is 9.53 Å². The van der Waals surface area contributed by atoms with Crippen LogP contribution in [-0.4, -0.2) is 23.4 Å². The molecule has 2 rings (SSSR count). The lowest BCUT2D eigenvalue weighted by Gasteiger charge is -2.19. The van der Waals surface area contributed by atoms with E-state index in [4.69, 9.17) is 16.3 Å². The molecule has 0 aliphatic carbocycles. The van der Waals surface area contributed by atoms with Crippen molar-refractivity contribution in [3.8, 4) is 0 Å². The molecule has 27 heavy (non-hydrogen) atoms. The van der Waals surface area contributed by atoms with Crippen LogP contribution in [0.3, 0.4) is 0 Å². The molecule has 1 N–H and O–H groups in total. The molecule has 8 heteroatoms. The number of carbonyl (C=O) groups excluding carboxylic acids is 2. The summed E-state index contributed by atoms with van der Waals surface area (Å²) in [6.45, 7) is 3.87. The Bertz CT molecular complexity index is 852. The largest absolute Gasteiger partial charge is 0.466 e. The minimum atomic E-state index is -0.622. The third-order valence-corrected chi connectivity index (χ3v) is 4.18. The predicted molar refractivity (Wildman–Crippen MR) is 101 cm³/mol. The number of hydrogen-bond acceptors (Lipinski definition) is 5. The van der Waals surface area contributed by atoms with Crippen molar-refractivity contribution in [3.63, 3.8) is 0 Å². The van der Waals surface area contributed by atoms with E-state index in [-0.39, 0.29) is 29.3 Å². The average Bonchev–Trinajstić information content (AvgIpc) is 2.61. The van der Waals surface area contributed by atoms with Gasteiger partial charge in [0.05, 0.1) is 34.6 Å². The molecule has 0 spiro atoms. The Morgan fingerprint density at radius 2 is 1.89 bits per heavy atom. The number of rotatable bonds is 7. The van der Waals surface area contributed by atoms with Gasteiger partial charge in [-0.1, -0.05) is 41.4 Å². The Morgan fingerprint density at radius 3 is 2.44 bits per heavy atom. The van der Waals surface area contributed by atoms with Crippen molar-refractivity contribution in [3.05, 3.63) is 74.3 Å². The van der Waals surface area contributed by atoms with E-state index < -0.39 is 22.8 Å². The van der Waals surface area contributed by atoms with Crippen molar-refractivity contribution in [1.29, 1.82) is 0 Å². The summed E-state index contributed by atoms with van der Waals surface area (Å²) in [6.07, 6.45) is -0.0484. The number of amides is 1. The number of nitrogens with one attached hydrogen (secondary N) is 1. The normalized spacial score (nSPS) is 11.5. The highest BCUT2D eigenvalue weighted by Crippen LogP contribution is 2.24. The number of non-ortho nitro benzene ring substituents is 1. The second kappa shape index (κ2) is 9.14. The lowest BCUT2D eigenvalue weighted by molar-refractivity contribution is -0.384. The van der Waals surface area contributed by atoms with Crippen molar-refractivity contribution in [2.75, 3.05) is 6.61 Å². The summed E-state index contributed by atoms with van der Waals surface area (Å²) < 4.78 is 4.98. The zero-order chi connectivity index (χ0) is 20.0. The summed E-state index contributed by atoms with van der Waals surface area (Å²) in [7, 11) is 0. The van der Waals surface area contributed by atoms with Gasteiger partial charge >= 0.3 is 5.97 Å². The van der Waals surface area contributed by atoms with E-state index in [2.05, 4.69) is 5.32 Å². The zero-order valence-electron chi connectivity index (χ0n) is 14.9. The van der Waals surface area contributed by atoms with E-state index >= 15 is 0 Å². The fraction of sp³-hybridized carbons (Fsp3) is 0.263. The van der Waals surface area contributed by atoms with Crippen molar-refractivity contribution in [1.82, 2.24) is 5.32 Å². The van der Waals surface area contributed by atoms with Crippen LogP contribution in [0.1, 0.15) is 40.9 Å². The van der Waals surface area contributed by atoms with Crippen molar-refractivity contribution in [2.24, 2.45) is 0 Å². The molecule has 142 valence electrons. The van der Waals surface area contributed by atoms with Gasteiger partial charge in [-0.25, -0.2) is 0 Å². The van der Waals surface area contributed by atoms with E-state index in [1.807, 2.05) is 31.2 Å². The Morgan fingerprint density at radius 1 is 1.22 bits per heavy atom. The summed E-state index contributed by atoms with van der Waals surface area (Å²) in [5, 5.41) is 13.5. The average molecular weight is 391 g/mol. The maximum absolute atomic E-state index is 12.6. The van der Waals surface area contributed by atoms with Crippen molar-refractivity contribution < 1.29 is 19.2 Å². The Balaban J connectivity index is 2.25. The molecule has 0 aliphatic rings. The number of carbonyl (C=O) groups is 2. The van der Waals surface area contributed by atoms with Gasteiger partial charge in [0, 0.05) is 12.1 Å². The van der Waals surface area contributed by atoms with Gasteiger partial charge in [0.1, 0.15) is 0 Å². The van der Waals surface area contributed by atoms with Gasteiger partial charge in [0.15, 0.2) is 0 Å². The predicted octanol–water partition coefficient (Wildman–Crippen LogP) is 3.98. The molecular weight excluding hydrogens is 372 g/mol. The summed E-state index contributed by atoms with van der Waals surface area (Å²) in [6, 6.07) is 10.4. The van der Waals surface area contributed by atoms with Gasteiger partial charge in [-0.2, -0.15) is 0 Å². The molecular formula is C19H19ClN2O5. The minimum absolute atomic E-state index is 0.0412. The molecule has 0 aliphatic heterocycles. The highest BCUT2D eigenvalue weighted by atomic mass is 35.5. The first-order chi connectivity index (χ1) is 12.8. The van der Waals surface area contributed by atoms with Crippen LogP contribution in [0.2, 0.25) is 5.02 Å². The van der Waals surface area contributed by atoms with Gasteiger partial charge in [-0.05, 0) is 25.5 Å². The molecule has 1 atom stereocenters. The molecule has 2 aromatic carbocycles. The minimum Gasteiger partial charge on any atom is -0.466 e. The second-order valence-electron chi connectivity index (χ2n) is 5.87. The van der Waals surface area contributed by atoms with E-state index in [0.717, 1.165) is 17.2 Å². The summed E-state index contributed by atoms with van der Waals surface area (Å²) >= 11 is 6.02. The molecule has 0 radical (unpaired) electrons. The third-order valence-electron chi connectivity index (χ3n) is 3.87. The standard InChI is InChI=1S/C19H19ClN2O5/c1-3-27-18(23)11-17(13-6-4-12(2)5-7-13)21-19(24)15-9-8-14(22(25)26)10-16(15)20/h4-10,17H,3,11H2,1-2H3,(H,21,24)/t17-/m0/s1. The van der Waals surface area contributed by atoms with E-state index in [9.17, 15) is 19.7 Å². The Labute approximate surface area is 161 Å². The van der Waals surface area contributed by atoms with E-state index in [1.54, 1.807) is 6.92 Å². The van der Waals surface area contributed by atoms with Crippen LogP contribution in [0.15, 0.2) is 42.5 Å². The molecule has 1 amide bonds. The quantitative estimate of drug-likeness (QED) is 0.438. The highest BCUT2D eigenvalue weighted by Gasteiger charge is 2.22. The monoisotopic (exact) mass is 390 g/mol. The molecule has 0 unspecified atom stereocenters. The molecule has 0 aromatic heterocycles. The molecule has 7 nitrogen and oxygen atoms in total. The van der Waals surface area contributed by atoms with Gasteiger partial charge in [-0.3, -0.25) is 19.7 Å². The first-order valence-electron chi connectivity index (χ1n) is 8.28. The van der Waals surface area contributed by atoms with Gasteiger partial charge < -0.3 is 10.1 Å². The first kappa shape index (κ1) is 20.4. The number of nitro benzene ring substituents is 1. The van der Waals surface area contributed by atoms with Crippen LogP contribution >= 0.6 is 11.6 Å². The first-order valence-corrected chi connectivity index (χ1v) is 8.66. The maximum atomic E-state index is 12.6. The smallest absolute Gasteiger partial charge is 0.308 e. The summed E-state index contributed by atoms with van der Waals surface area (Å²) in [5.41, 5.74) is 1.65. The number of halogens is 1. The summed E-state index contributed by atoms with van der Waals surface area (Å²) in [4.78, 5) is 34.8. The lowest BCUT2D eigenvalue weighted by atomic mass is 10.0. The van der Waals surface area contributed by atoms with Gasteiger partial charge in [0.2, 0.25) is 0 Å². The molecule has 0 bridgehead atoms. The van der Waals surface area contributed by atoms with E-state index in [0.29, 0.717) is 0 Å². The van der Waals surface area contributed by atoms with Crippen LogP contribution in [0.4, 0.5) is 5.69 Å². The number of hydrogen-bond donors (Lipinski definition) is 1. The molecule has 0 fully saturated rings. The number of benzene rings is 2. The topological polar surface area (TPSA) is 98.5 Å². The fourth-order valence-electron chi connectivity index (χ4n) is 2.48. The number of aryl methyl sites for hydroxylation is 1.